The Morgan fingerprint density at radius 3 is 2.52 bits per heavy atom. The number of aliphatic hydroxyl groups is 1. The first-order valence-electron chi connectivity index (χ1n) is 8.41. The molecular formula is C18H21ClN2O7S. The van der Waals surface area contributed by atoms with Crippen LogP contribution >= 0.6 is 11.6 Å². The smallest absolute Gasteiger partial charge is 0.342 e. The summed E-state index contributed by atoms with van der Waals surface area (Å²) in [5.41, 5.74) is 0.268. The number of hydrogen-bond acceptors (Lipinski definition) is 7. The average Bonchev–Trinajstić information content (AvgIpc) is 3.03. The maximum atomic E-state index is 12.4. The van der Waals surface area contributed by atoms with Crippen molar-refractivity contribution in [1.29, 1.82) is 0 Å². The Hall–Kier alpha value is -2.40. The molecule has 2 rings (SSSR count). The third-order valence-corrected chi connectivity index (χ3v) is 6.25. The van der Waals surface area contributed by atoms with Crippen molar-refractivity contribution in [3.8, 4) is 0 Å². The summed E-state index contributed by atoms with van der Waals surface area (Å²) in [6.45, 7) is 2.52. The minimum Gasteiger partial charge on any atom is -0.463 e. The summed E-state index contributed by atoms with van der Waals surface area (Å²) >= 11 is 5.97. The zero-order valence-corrected chi connectivity index (χ0v) is 17.8. The fourth-order valence-electron chi connectivity index (χ4n) is 2.32. The van der Waals surface area contributed by atoms with Crippen LogP contribution in [0.3, 0.4) is 0 Å². The molecule has 11 heteroatoms. The highest BCUT2D eigenvalue weighted by atomic mass is 35.5. The predicted molar refractivity (Wildman–Crippen MR) is 105 cm³/mol. The number of nitrogens with one attached hydrogen (secondary N) is 1. The zero-order valence-electron chi connectivity index (χ0n) is 16.2. The van der Waals surface area contributed by atoms with Crippen LogP contribution in [0, 0.1) is 6.92 Å². The molecule has 0 aliphatic carbocycles. The van der Waals surface area contributed by atoms with E-state index < -0.39 is 28.0 Å². The highest BCUT2D eigenvalue weighted by molar-refractivity contribution is 7.89. The van der Waals surface area contributed by atoms with Crippen molar-refractivity contribution in [2.45, 2.75) is 31.5 Å². The molecule has 0 fully saturated rings. The Bertz CT molecular complexity index is 1030. The summed E-state index contributed by atoms with van der Waals surface area (Å²) < 4.78 is 35.9. The molecule has 1 aromatic heterocycles. The number of halogens is 1. The van der Waals surface area contributed by atoms with Gasteiger partial charge in [-0.05, 0) is 38.1 Å². The highest BCUT2D eigenvalue weighted by Crippen LogP contribution is 2.27. The second kappa shape index (κ2) is 8.95. The molecule has 0 saturated carbocycles. The van der Waals surface area contributed by atoms with E-state index in [0.29, 0.717) is 0 Å². The van der Waals surface area contributed by atoms with Crippen LogP contribution in [0.15, 0.2) is 33.6 Å². The molecule has 0 aliphatic rings. The molecule has 0 spiro atoms. The van der Waals surface area contributed by atoms with Crippen molar-refractivity contribution in [2.24, 2.45) is 0 Å². The molecule has 29 heavy (non-hydrogen) atoms. The van der Waals surface area contributed by atoms with Crippen molar-refractivity contribution >= 4 is 39.2 Å². The van der Waals surface area contributed by atoms with Crippen LogP contribution in [-0.4, -0.2) is 49.9 Å². The summed E-state index contributed by atoms with van der Waals surface area (Å²) in [5.74, 6) is -1.01. The van der Waals surface area contributed by atoms with Gasteiger partial charge in [0.15, 0.2) is 6.10 Å². The van der Waals surface area contributed by atoms with Crippen molar-refractivity contribution in [1.82, 2.24) is 4.31 Å². The van der Waals surface area contributed by atoms with Crippen molar-refractivity contribution in [3.63, 3.8) is 0 Å². The topological polar surface area (TPSA) is 126 Å². The largest absolute Gasteiger partial charge is 0.463 e. The van der Waals surface area contributed by atoms with E-state index in [4.69, 9.17) is 25.9 Å². The SMILES string of the molecule is Cc1oc(CO)cc1C(=O)O[C@@H](C)C(=O)Nc1ccc(Cl)c(S(=O)(=O)N(C)C)c1. The molecule has 9 nitrogen and oxygen atoms in total. The van der Waals surface area contributed by atoms with E-state index in [1.54, 1.807) is 0 Å². The van der Waals surface area contributed by atoms with Gasteiger partial charge in [-0.25, -0.2) is 17.5 Å². The number of sulfonamides is 1. The predicted octanol–water partition coefficient (Wildman–Crippen LogP) is 2.17. The van der Waals surface area contributed by atoms with Crippen LogP contribution in [0.2, 0.25) is 5.02 Å². The van der Waals surface area contributed by atoms with Crippen LogP contribution in [0.25, 0.3) is 0 Å². The number of hydrogen-bond donors (Lipinski definition) is 2. The minimum absolute atomic E-state index is 0.00583. The van der Waals surface area contributed by atoms with Crippen molar-refractivity contribution < 1.29 is 32.3 Å². The van der Waals surface area contributed by atoms with Gasteiger partial charge in [-0.2, -0.15) is 0 Å². The number of amides is 1. The molecule has 0 saturated heterocycles. The highest BCUT2D eigenvalue weighted by Gasteiger charge is 2.24. The molecule has 1 aromatic carbocycles. The molecule has 2 N–H and O–H groups in total. The molecule has 158 valence electrons. The number of aryl methyl sites for hydroxylation is 1. The van der Waals surface area contributed by atoms with Crippen molar-refractivity contribution in [2.75, 3.05) is 19.4 Å². The van der Waals surface area contributed by atoms with Gasteiger partial charge in [0.25, 0.3) is 5.91 Å². The second-order valence-electron chi connectivity index (χ2n) is 6.31. The number of aliphatic hydroxyl groups excluding tert-OH is 1. The van der Waals surface area contributed by atoms with Gasteiger partial charge in [-0.15, -0.1) is 0 Å². The maximum absolute atomic E-state index is 12.4. The molecule has 0 unspecified atom stereocenters. The van der Waals surface area contributed by atoms with Crippen LogP contribution < -0.4 is 5.32 Å². The first-order chi connectivity index (χ1) is 13.5. The average molecular weight is 445 g/mol. The third kappa shape index (κ3) is 5.15. The third-order valence-electron chi connectivity index (χ3n) is 3.95. The summed E-state index contributed by atoms with van der Waals surface area (Å²) in [7, 11) is -1.09. The van der Waals surface area contributed by atoms with Crippen LogP contribution in [-0.2, 0) is 26.2 Å². The number of benzene rings is 1. The maximum Gasteiger partial charge on any atom is 0.342 e. The lowest BCUT2D eigenvalue weighted by Gasteiger charge is -2.16. The first kappa shape index (κ1) is 22.9. The van der Waals surface area contributed by atoms with E-state index in [1.807, 2.05) is 0 Å². The van der Waals surface area contributed by atoms with Gasteiger partial charge in [0.1, 0.15) is 28.6 Å². The standard InChI is InChI=1S/C18H21ClN2O7S/c1-10-14(8-13(9-22)27-10)18(24)28-11(2)17(23)20-12-5-6-15(19)16(7-12)29(25,26)21(3)4/h5-8,11,22H,9H2,1-4H3,(H,20,23)/t11-/m0/s1. The van der Waals surface area contributed by atoms with E-state index in [2.05, 4.69) is 5.32 Å². The number of esters is 1. The number of anilines is 1. The molecular weight excluding hydrogens is 424 g/mol. The Morgan fingerprint density at radius 1 is 1.31 bits per heavy atom. The molecule has 1 heterocycles. The Kier molecular flexibility index (Phi) is 7.06. The molecule has 0 radical (unpaired) electrons. The number of carbonyl (C=O) groups excluding carboxylic acids is 2. The number of carbonyl (C=O) groups is 2. The molecule has 0 aliphatic heterocycles. The molecule has 0 bridgehead atoms. The quantitative estimate of drug-likeness (QED) is 0.626. The van der Waals surface area contributed by atoms with Gasteiger partial charge >= 0.3 is 5.97 Å². The van der Waals surface area contributed by atoms with Crippen LogP contribution in [0.4, 0.5) is 5.69 Å². The minimum atomic E-state index is -3.81. The van der Waals surface area contributed by atoms with Gasteiger partial charge in [-0.3, -0.25) is 4.79 Å². The Labute approximate surface area is 173 Å². The fraction of sp³-hybridized carbons (Fsp3) is 0.333. The lowest BCUT2D eigenvalue weighted by molar-refractivity contribution is -0.123. The zero-order chi connectivity index (χ0) is 21.9. The number of rotatable bonds is 7. The van der Waals surface area contributed by atoms with Gasteiger partial charge < -0.3 is 19.6 Å². The molecule has 2 aromatic rings. The number of furan rings is 1. The number of ether oxygens (including phenoxy) is 1. The summed E-state index contributed by atoms with van der Waals surface area (Å²) in [4.78, 5) is 24.4. The first-order valence-corrected chi connectivity index (χ1v) is 10.2. The lowest BCUT2D eigenvalue weighted by Crippen LogP contribution is -2.30. The fourth-order valence-corrected chi connectivity index (χ4v) is 3.72. The monoisotopic (exact) mass is 444 g/mol. The Morgan fingerprint density at radius 2 is 1.97 bits per heavy atom. The van der Waals surface area contributed by atoms with E-state index >= 15 is 0 Å². The van der Waals surface area contributed by atoms with Gasteiger partial charge in [0, 0.05) is 19.8 Å². The van der Waals surface area contributed by atoms with E-state index in [-0.39, 0.29) is 39.3 Å². The van der Waals surface area contributed by atoms with E-state index in [1.165, 1.54) is 52.2 Å². The Balaban J connectivity index is 2.13. The molecule has 1 atom stereocenters. The summed E-state index contributed by atoms with van der Waals surface area (Å²) in [6, 6.07) is 5.32. The summed E-state index contributed by atoms with van der Waals surface area (Å²) in [5, 5.41) is 11.6. The normalized spacial score (nSPS) is 12.7. The van der Waals surface area contributed by atoms with Gasteiger partial charge in [0.2, 0.25) is 10.0 Å². The van der Waals surface area contributed by atoms with Crippen LogP contribution in [0.1, 0.15) is 28.8 Å². The second-order valence-corrected chi connectivity index (χ2v) is 8.84. The molecule has 1 amide bonds. The van der Waals surface area contributed by atoms with Gasteiger partial charge in [-0.1, -0.05) is 11.6 Å². The van der Waals surface area contributed by atoms with Gasteiger partial charge in [0.05, 0.1) is 5.02 Å². The van der Waals surface area contributed by atoms with Crippen LogP contribution in [0.5, 0.6) is 0 Å². The van der Waals surface area contributed by atoms with Crippen molar-refractivity contribution in [3.05, 3.63) is 46.4 Å². The number of nitrogens with zero attached hydrogens (tertiary/aromatic N) is 1. The lowest BCUT2D eigenvalue weighted by atomic mass is 10.2. The van der Waals surface area contributed by atoms with E-state index in [9.17, 15) is 18.0 Å². The van der Waals surface area contributed by atoms with E-state index in [0.717, 1.165) is 4.31 Å². The summed E-state index contributed by atoms with van der Waals surface area (Å²) in [6.07, 6.45) is -1.18.